The first-order chi connectivity index (χ1) is 29.4. The van der Waals surface area contributed by atoms with Crippen molar-refractivity contribution >= 4 is 106 Å². The summed E-state index contributed by atoms with van der Waals surface area (Å²) in [5.74, 6) is 0.607. The molecule has 0 bridgehead atoms. The fourth-order valence-electron chi connectivity index (χ4n) is 10.4. The van der Waals surface area contributed by atoms with Gasteiger partial charge < -0.3 is 22.6 Å². The normalized spacial score (nSPS) is 13.5. The van der Waals surface area contributed by atoms with Gasteiger partial charge in [0.1, 0.15) is 27.8 Å². The smallest absolute Gasteiger partial charge is 0.333 e. The van der Waals surface area contributed by atoms with E-state index in [1.807, 2.05) is 30.3 Å². The van der Waals surface area contributed by atoms with Gasteiger partial charge in [0.2, 0.25) is 5.89 Å². The summed E-state index contributed by atoms with van der Waals surface area (Å²) in [6, 6.07) is 54.4. The minimum Gasteiger partial charge on any atom is -0.456 e. The lowest BCUT2D eigenvalue weighted by molar-refractivity contribution is 0.590. The van der Waals surface area contributed by atoms with Crippen molar-refractivity contribution in [2.75, 3.05) is 4.81 Å². The zero-order valence-electron chi connectivity index (χ0n) is 33.1. The number of hydrogen-bond acceptors (Lipinski definition) is 5. The Labute approximate surface area is 344 Å². The van der Waals surface area contributed by atoms with Crippen LogP contribution in [0, 0.1) is 0 Å². The maximum atomic E-state index is 6.64. The zero-order chi connectivity index (χ0) is 39.6. The molecule has 0 aliphatic carbocycles. The number of benzene rings is 8. The molecule has 4 aromatic heterocycles. The molecular formula is C53H34BN3O3. The quantitative estimate of drug-likeness (QED) is 0.164. The van der Waals surface area contributed by atoms with Gasteiger partial charge in [-0.25, -0.2) is 4.98 Å². The van der Waals surface area contributed by atoms with Crippen LogP contribution in [0.25, 0.3) is 105 Å². The highest BCUT2D eigenvalue weighted by atomic mass is 16.3. The minimum absolute atomic E-state index is 0.0108. The van der Waals surface area contributed by atoms with Crippen LogP contribution in [0.2, 0.25) is 0 Å². The number of rotatable bonds is 2. The summed E-state index contributed by atoms with van der Waals surface area (Å²) >= 11 is 0. The average molecular weight is 772 g/mol. The van der Waals surface area contributed by atoms with E-state index in [0.717, 1.165) is 94.1 Å². The molecule has 8 aromatic carbocycles. The number of oxazole rings is 1. The van der Waals surface area contributed by atoms with E-state index >= 15 is 0 Å². The van der Waals surface area contributed by atoms with E-state index in [-0.39, 0.29) is 12.3 Å². The Kier molecular flexibility index (Phi) is 6.03. The Bertz CT molecular complexity index is 3830. The molecule has 2 aliphatic heterocycles. The molecule has 0 fully saturated rings. The van der Waals surface area contributed by atoms with E-state index in [9.17, 15) is 0 Å². The molecule has 0 N–H and O–H groups in total. The third-order valence-corrected chi connectivity index (χ3v) is 13.1. The second-order valence-electron chi connectivity index (χ2n) is 17.5. The maximum Gasteiger partial charge on any atom is 0.333 e. The first kappa shape index (κ1) is 32.5. The molecule has 60 heavy (non-hydrogen) atoms. The molecule has 0 amide bonds. The highest BCUT2D eigenvalue weighted by molar-refractivity contribution is 6.94. The molecule has 282 valence electrons. The second-order valence-corrected chi connectivity index (χ2v) is 17.5. The van der Waals surface area contributed by atoms with Gasteiger partial charge in [-0.15, -0.1) is 0 Å². The van der Waals surface area contributed by atoms with Crippen molar-refractivity contribution in [3.8, 4) is 28.3 Å². The Morgan fingerprint density at radius 3 is 1.97 bits per heavy atom. The lowest BCUT2D eigenvalue weighted by atomic mass is 9.44. The highest BCUT2D eigenvalue weighted by Crippen LogP contribution is 2.49. The number of anilines is 2. The SMILES string of the molecule is CC(C)(C)c1ccc(N2B3c4cc5nc(-c6ccccc6)oc5cc4-n4c5cc6oc7ccccc7c6cc5c5ccc(c3c54)-c3cc4oc5ccccc5c4cc32)cc1. The molecule has 0 radical (unpaired) electrons. The molecule has 0 spiro atoms. The van der Waals surface area contributed by atoms with Crippen LogP contribution < -0.4 is 15.7 Å². The van der Waals surface area contributed by atoms with E-state index in [1.165, 1.54) is 32.9 Å². The second kappa shape index (κ2) is 11.2. The monoisotopic (exact) mass is 771 g/mol. The van der Waals surface area contributed by atoms with Crippen LogP contribution in [-0.4, -0.2) is 16.4 Å². The van der Waals surface area contributed by atoms with Gasteiger partial charge in [-0.05, 0) is 88.1 Å². The van der Waals surface area contributed by atoms with Crippen LogP contribution in [-0.2, 0) is 5.41 Å². The van der Waals surface area contributed by atoms with Crippen LogP contribution >= 0.6 is 0 Å². The fourth-order valence-corrected chi connectivity index (χ4v) is 10.4. The van der Waals surface area contributed by atoms with Crippen LogP contribution in [0.3, 0.4) is 0 Å². The topological polar surface area (TPSA) is 60.5 Å². The summed E-state index contributed by atoms with van der Waals surface area (Å²) in [6.45, 7) is 6.63. The predicted octanol–water partition coefficient (Wildman–Crippen LogP) is 12.9. The summed E-state index contributed by atoms with van der Waals surface area (Å²) in [5, 5.41) is 6.82. The van der Waals surface area contributed by atoms with E-state index in [2.05, 4.69) is 151 Å². The van der Waals surface area contributed by atoms with Crippen LogP contribution in [0.5, 0.6) is 0 Å². The van der Waals surface area contributed by atoms with E-state index in [0.29, 0.717) is 5.89 Å². The molecule has 14 rings (SSSR count). The number of nitrogens with zero attached hydrogens (tertiary/aromatic N) is 3. The van der Waals surface area contributed by atoms with Crippen molar-refractivity contribution in [1.29, 1.82) is 0 Å². The minimum atomic E-state index is -0.191. The lowest BCUT2D eigenvalue weighted by Crippen LogP contribution is -2.60. The molecule has 6 nitrogen and oxygen atoms in total. The van der Waals surface area contributed by atoms with Gasteiger partial charge in [-0.3, -0.25) is 0 Å². The molecule has 0 saturated heterocycles. The van der Waals surface area contributed by atoms with Gasteiger partial charge >= 0.3 is 6.85 Å². The van der Waals surface area contributed by atoms with Crippen molar-refractivity contribution in [3.05, 3.63) is 157 Å². The Morgan fingerprint density at radius 1 is 0.517 bits per heavy atom. The van der Waals surface area contributed by atoms with Crippen LogP contribution in [0.1, 0.15) is 26.3 Å². The molecule has 2 aliphatic rings. The highest BCUT2D eigenvalue weighted by Gasteiger charge is 2.45. The largest absolute Gasteiger partial charge is 0.456 e. The van der Waals surface area contributed by atoms with Gasteiger partial charge in [0.05, 0.1) is 11.0 Å². The van der Waals surface area contributed by atoms with Crippen molar-refractivity contribution in [3.63, 3.8) is 0 Å². The lowest BCUT2D eigenvalue weighted by Gasteiger charge is -2.42. The molecule has 0 saturated carbocycles. The third kappa shape index (κ3) is 4.21. The van der Waals surface area contributed by atoms with Crippen molar-refractivity contribution in [1.82, 2.24) is 9.55 Å². The maximum absolute atomic E-state index is 6.64. The van der Waals surface area contributed by atoms with Crippen LogP contribution in [0.15, 0.2) is 165 Å². The summed E-state index contributed by atoms with van der Waals surface area (Å²) in [5.41, 5.74) is 17.7. The van der Waals surface area contributed by atoms with Gasteiger partial charge in [0.25, 0.3) is 0 Å². The molecule has 7 heteroatoms. The molecule has 0 unspecified atom stereocenters. The van der Waals surface area contributed by atoms with E-state index < -0.39 is 0 Å². The first-order valence-electron chi connectivity index (χ1n) is 20.6. The van der Waals surface area contributed by atoms with Crippen molar-refractivity contribution in [2.24, 2.45) is 0 Å². The molecule has 12 aromatic rings. The standard InChI is InChI=1S/C53H34BN3O3/c1-53(2,3)30-17-19-31(20-18-30)57-43-24-39-33-14-8-10-16-46(33)58-47(39)25-37(43)34-21-22-35-36-23-38-32-13-7-9-15-45(32)59-48(38)27-42(36)56-44-28-49-41(26-40(44)54(57)50(34)51(35)56)55-52(60-49)29-11-5-4-6-12-29/h4-28H,1-3H3. The summed E-state index contributed by atoms with van der Waals surface area (Å²) in [6.07, 6.45) is 0. The number of furan rings is 2. The molecular weight excluding hydrogens is 737 g/mol. The Hall–Kier alpha value is -7.51. The van der Waals surface area contributed by atoms with Gasteiger partial charge in [-0.1, -0.05) is 99.6 Å². The summed E-state index contributed by atoms with van der Waals surface area (Å²) in [7, 11) is 0. The number of aromatic nitrogens is 2. The van der Waals surface area contributed by atoms with Crippen LogP contribution in [0.4, 0.5) is 11.4 Å². The third-order valence-electron chi connectivity index (χ3n) is 13.1. The fraction of sp³-hybridized carbons (Fsp3) is 0.0755. The van der Waals surface area contributed by atoms with Crippen molar-refractivity contribution < 1.29 is 13.3 Å². The van der Waals surface area contributed by atoms with E-state index in [1.54, 1.807) is 0 Å². The Morgan fingerprint density at radius 2 is 1.22 bits per heavy atom. The van der Waals surface area contributed by atoms with Gasteiger partial charge in [0, 0.05) is 72.6 Å². The number of para-hydroxylation sites is 2. The zero-order valence-corrected chi connectivity index (χ0v) is 33.1. The first-order valence-corrected chi connectivity index (χ1v) is 20.6. The predicted molar refractivity (Wildman–Crippen MR) is 246 cm³/mol. The summed E-state index contributed by atoms with van der Waals surface area (Å²) in [4.78, 5) is 7.71. The molecule has 0 atom stereocenters. The number of fused-ring (bicyclic) bond motifs is 15. The summed E-state index contributed by atoms with van der Waals surface area (Å²) < 4.78 is 22.2. The van der Waals surface area contributed by atoms with Gasteiger partial charge in [0.15, 0.2) is 5.58 Å². The average Bonchev–Trinajstić information content (AvgIpc) is 4.04. The van der Waals surface area contributed by atoms with Crippen molar-refractivity contribution in [2.45, 2.75) is 26.2 Å². The number of hydrogen-bond donors (Lipinski definition) is 0. The molecule has 6 heterocycles. The van der Waals surface area contributed by atoms with E-state index in [4.69, 9.17) is 18.2 Å². The van der Waals surface area contributed by atoms with Gasteiger partial charge in [-0.2, -0.15) is 0 Å². The Balaban J connectivity index is 1.14.